The molecule has 0 unspecified atom stereocenters. The molecule has 0 spiro atoms. The second-order valence-corrected chi connectivity index (χ2v) is 5.27. The number of hydrogen-bond donors (Lipinski definition) is 0. The molecule has 0 saturated carbocycles. The lowest BCUT2D eigenvalue weighted by Gasteiger charge is -2.27. The number of aromatic nitrogens is 1. The third-order valence-electron chi connectivity index (χ3n) is 3.91. The van der Waals surface area contributed by atoms with Gasteiger partial charge in [0.2, 0.25) is 5.91 Å². The molecule has 0 atom stereocenters. The van der Waals surface area contributed by atoms with Crippen molar-refractivity contribution in [2.24, 2.45) is 0 Å². The molecule has 1 aliphatic heterocycles. The standard InChI is InChI=1S/C16H17N3O/c17-11-13-4-5-15-14(10-13)6-9-19(15)12-16(20)18-7-2-1-3-8-18/h4-6,9-10H,1-3,7-8,12H2. The third kappa shape index (κ3) is 2.39. The Balaban J connectivity index is 1.80. The number of carbonyl (C=O) groups is 1. The molecule has 20 heavy (non-hydrogen) atoms. The van der Waals surface area contributed by atoms with Crippen LogP contribution in [-0.4, -0.2) is 28.5 Å². The SMILES string of the molecule is N#Cc1ccc2c(ccn2CC(=O)N2CCCCC2)c1. The summed E-state index contributed by atoms with van der Waals surface area (Å²) in [4.78, 5) is 14.2. The van der Waals surface area contributed by atoms with Crippen molar-refractivity contribution in [2.45, 2.75) is 25.8 Å². The summed E-state index contributed by atoms with van der Waals surface area (Å²) in [6.45, 7) is 2.16. The molecular formula is C16H17N3O. The quantitative estimate of drug-likeness (QED) is 0.839. The van der Waals surface area contributed by atoms with Crippen molar-refractivity contribution in [2.75, 3.05) is 13.1 Å². The summed E-state index contributed by atoms with van der Waals surface area (Å²) in [6, 6.07) is 9.66. The molecule has 1 aromatic carbocycles. The minimum Gasteiger partial charge on any atom is -0.341 e. The number of piperidine rings is 1. The van der Waals surface area contributed by atoms with Crippen LogP contribution < -0.4 is 0 Å². The lowest BCUT2D eigenvalue weighted by Crippen LogP contribution is -2.37. The smallest absolute Gasteiger partial charge is 0.242 e. The number of benzene rings is 1. The molecule has 2 aromatic rings. The molecule has 0 N–H and O–H groups in total. The summed E-state index contributed by atoms with van der Waals surface area (Å²) in [5.41, 5.74) is 1.66. The summed E-state index contributed by atoms with van der Waals surface area (Å²) < 4.78 is 1.97. The van der Waals surface area contributed by atoms with Gasteiger partial charge in [0.1, 0.15) is 6.54 Å². The van der Waals surface area contributed by atoms with Crippen LogP contribution in [0.15, 0.2) is 30.5 Å². The molecule has 4 nitrogen and oxygen atoms in total. The molecule has 1 aliphatic rings. The molecule has 4 heteroatoms. The average molecular weight is 267 g/mol. The number of hydrogen-bond acceptors (Lipinski definition) is 2. The number of nitrogens with zero attached hydrogens (tertiary/aromatic N) is 3. The molecule has 102 valence electrons. The highest BCUT2D eigenvalue weighted by atomic mass is 16.2. The number of nitriles is 1. The van der Waals surface area contributed by atoms with Gasteiger partial charge in [0, 0.05) is 30.2 Å². The van der Waals surface area contributed by atoms with E-state index >= 15 is 0 Å². The number of fused-ring (bicyclic) bond motifs is 1. The summed E-state index contributed by atoms with van der Waals surface area (Å²) in [6.07, 6.45) is 5.38. The number of carbonyl (C=O) groups excluding carboxylic acids is 1. The van der Waals surface area contributed by atoms with E-state index < -0.39 is 0 Å². The van der Waals surface area contributed by atoms with Gasteiger partial charge >= 0.3 is 0 Å². The fourth-order valence-corrected chi connectivity index (χ4v) is 2.80. The monoisotopic (exact) mass is 267 g/mol. The zero-order valence-electron chi connectivity index (χ0n) is 11.4. The molecule has 1 amide bonds. The van der Waals surface area contributed by atoms with Gasteiger partial charge in [0.15, 0.2) is 0 Å². The van der Waals surface area contributed by atoms with E-state index in [0.717, 1.165) is 36.8 Å². The van der Waals surface area contributed by atoms with Crippen LogP contribution in [0.25, 0.3) is 10.9 Å². The van der Waals surface area contributed by atoms with Crippen molar-refractivity contribution >= 4 is 16.8 Å². The van der Waals surface area contributed by atoms with E-state index in [-0.39, 0.29) is 5.91 Å². The number of likely N-dealkylation sites (tertiary alicyclic amines) is 1. The Labute approximate surface area is 118 Å². The van der Waals surface area contributed by atoms with Crippen LogP contribution in [0.3, 0.4) is 0 Å². The molecule has 0 aliphatic carbocycles. The minimum absolute atomic E-state index is 0.187. The van der Waals surface area contributed by atoms with Gasteiger partial charge in [-0.3, -0.25) is 4.79 Å². The molecular weight excluding hydrogens is 250 g/mol. The Morgan fingerprint density at radius 3 is 2.75 bits per heavy atom. The normalized spacial score (nSPS) is 15.2. The Morgan fingerprint density at radius 1 is 1.20 bits per heavy atom. The van der Waals surface area contributed by atoms with Crippen LogP contribution >= 0.6 is 0 Å². The third-order valence-corrected chi connectivity index (χ3v) is 3.91. The van der Waals surface area contributed by atoms with Crippen molar-refractivity contribution in [1.82, 2.24) is 9.47 Å². The predicted octanol–water partition coefficient (Wildman–Crippen LogP) is 2.53. The maximum Gasteiger partial charge on any atom is 0.242 e. The van der Waals surface area contributed by atoms with Gasteiger partial charge in [-0.1, -0.05) is 0 Å². The molecule has 1 fully saturated rings. The van der Waals surface area contributed by atoms with E-state index in [4.69, 9.17) is 5.26 Å². The van der Waals surface area contributed by atoms with E-state index in [0.29, 0.717) is 12.1 Å². The van der Waals surface area contributed by atoms with Crippen LogP contribution in [0, 0.1) is 11.3 Å². The topological polar surface area (TPSA) is 49.0 Å². The molecule has 0 bridgehead atoms. The summed E-state index contributed by atoms with van der Waals surface area (Å²) in [7, 11) is 0. The number of amides is 1. The lowest BCUT2D eigenvalue weighted by atomic mass is 10.1. The van der Waals surface area contributed by atoms with Crippen molar-refractivity contribution < 1.29 is 4.79 Å². The molecule has 3 rings (SSSR count). The first kappa shape index (κ1) is 12.7. The Bertz CT molecular complexity index is 675. The average Bonchev–Trinajstić information content (AvgIpc) is 2.90. The highest BCUT2D eigenvalue weighted by Gasteiger charge is 2.17. The van der Waals surface area contributed by atoms with Crippen molar-refractivity contribution in [3.05, 3.63) is 36.0 Å². The van der Waals surface area contributed by atoms with Gasteiger partial charge in [0.05, 0.1) is 11.6 Å². The highest BCUT2D eigenvalue weighted by molar-refractivity contribution is 5.84. The Morgan fingerprint density at radius 2 is 2.00 bits per heavy atom. The Hall–Kier alpha value is -2.28. The van der Waals surface area contributed by atoms with Gasteiger partial charge in [0.25, 0.3) is 0 Å². The largest absolute Gasteiger partial charge is 0.341 e. The fourth-order valence-electron chi connectivity index (χ4n) is 2.80. The molecule has 1 aromatic heterocycles. The molecule has 0 radical (unpaired) electrons. The maximum absolute atomic E-state index is 12.3. The maximum atomic E-state index is 12.3. The van der Waals surface area contributed by atoms with Crippen molar-refractivity contribution in [1.29, 1.82) is 5.26 Å². The summed E-state index contributed by atoms with van der Waals surface area (Å²) in [5.74, 6) is 0.187. The van der Waals surface area contributed by atoms with E-state index in [2.05, 4.69) is 6.07 Å². The van der Waals surface area contributed by atoms with E-state index in [1.807, 2.05) is 33.9 Å². The Kier molecular flexibility index (Phi) is 3.42. The second kappa shape index (κ2) is 5.38. The summed E-state index contributed by atoms with van der Waals surface area (Å²) >= 11 is 0. The minimum atomic E-state index is 0.187. The van der Waals surface area contributed by atoms with Crippen molar-refractivity contribution in [3.8, 4) is 6.07 Å². The predicted molar refractivity (Wildman–Crippen MR) is 77.1 cm³/mol. The molecule has 2 heterocycles. The van der Waals surface area contributed by atoms with Crippen molar-refractivity contribution in [3.63, 3.8) is 0 Å². The van der Waals surface area contributed by atoms with Crippen LogP contribution in [0.2, 0.25) is 0 Å². The zero-order valence-corrected chi connectivity index (χ0v) is 11.4. The first-order valence-electron chi connectivity index (χ1n) is 7.05. The van der Waals surface area contributed by atoms with E-state index in [1.165, 1.54) is 6.42 Å². The molecule has 1 saturated heterocycles. The van der Waals surface area contributed by atoms with Crippen LogP contribution in [-0.2, 0) is 11.3 Å². The zero-order chi connectivity index (χ0) is 13.9. The highest BCUT2D eigenvalue weighted by Crippen LogP contribution is 2.18. The number of rotatable bonds is 2. The summed E-state index contributed by atoms with van der Waals surface area (Å²) in [5, 5.41) is 9.91. The fraction of sp³-hybridized carbons (Fsp3) is 0.375. The van der Waals surface area contributed by atoms with Gasteiger partial charge in [-0.2, -0.15) is 5.26 Å². The van der Waals surface area contributed by atoms with Gasteiger partial charge in [-0.05, 0) is 43.5 Å². The van der Waals surface area contributed by atoms with Gasteiger partial charge < -0.3 is 9.47 Å². The van der Waals surface area contributed by atoms with E-state index in [9.17, 15) is 4.79 Å². The first-order chi connectivity index (χ1) is 9.78. The lowest BCUT2D eigenvalue weighted by molar-refractivity contribution is -0.132. The second-order valence-electron chi connectivity index (χ2n) is 5.27. The van der Waals surface area contributed by atoms with Crippen LogP contribution in [0.1, 0.15) is 24.8 Å². The van der Waals surface area contributed by atoms with Crippen LogP contribution in [0.5, 0.6) is 0 Å². The van der Waals surface area contributed by atoms with Crippen LogP contribution in [0.4, 0.5) is 0 Å². The van der Waals surface area contributed by atoms with Gasteiger partial charge in [-0.15, -0.1) is 0 Å². The first-order valence-corrected chi connectivity index (χ1v) is 7.05. The van der Waals surface area contributed by atoms with Gasteiger partial charge in [-0.25, -0.2) is 0 Å². The van der Waals surface area contributed by atoms with E-state index in [1.54, 1.807) is 6.07 Å².